The van der Waals surface area contributed by atoms with Gasteiger partial charge in [0, 0.05) is 11.3 Å². The van der Waals surface area contributed by atoms with Crippen molar-refractivity contribution >= 4 is 34.3 Å². The SMILES string of the molecule is Cc1nn(CC(=O)N2N=C(c3cccs3)C[C@H]2c2cccs2)c(=O)c(C#N)c1C. The molecule has 7 nitrogen and oxygen atoms in total. The van der Waals surface area contributed by atoms with Crippen LogP contribution in [0.3, 0.4) is 0 Å². The Morgan fingerprint density at radius 3 is 2.69 bits per heavy atom. The normalized spacial score (nSPS) is 16.0. The maximum atomic E-state index is 13.1. The van der Waals surface area contributed by atoms with Gasteiger partial charge < -0.3 is 0 Å². The summed E-state index contributed by atoms with van der Waals surface area (Å²) in [5.74, 6) is -0.336. The molecule has 0 aliphatic carbocycles. The topological polar surface area (TPSA) is 91.3 Å². The second-order valence-electron chi connectivity index (χ2n) is 6.66. The van der Waals surface area contributed by atoms with Crippen LogP contribution < -0.4 is 5.56 Å². The summed E-state index contributed by atoms with van der Waals surface area (Å²) in [6.45, 7) is 3.13. The van der Waals surface area contributed by atoms with Gasteiger partial charge in [-0.3, -0.25) is 9.59 Å². The Morgan fingerprint density at radius 2 is 2.03 bits per heavy atom. The minimum absolute atomic E-state index is 0.0179. The Morgan fingerprint density at radius 1 is 1.28 bits per heavy atom. The molecule has 4 rings (SSSR count). The average molecular weight is 424 g/mol. The van der Waals surface area contributed by atoms with Crippen LogP contribution in [-0.4, -0.2) is 26.4 Å². The van der Waals surface area contributed by atoms with E-state index in [1.807, 2.05) is 41.1 Å². The molecule has 146 valence electrons. The number of carbonyl (C=O) groups is 1. The number of carbonyl (C=O) groups excluding carboxylic acids is 1. The van der Waals surface area contributed by atoms with E-state index in [4.69, 9.17) is 0 Å². The average Bonchev–Trinajstić information content (AvgIpc) is 3.47. The van der Waals surface area contributed by atoms with E-state index < -0.39 is 5.56 Å². The lowest BCUT2D eigenvalue weighted by Crippen LogP contribution is -2.36. The van der Waals surface area contributed by atoms with E-state index in [1.165, 1.54) is 5.01 Å². The summed E-state index contributed by atoms with van der Waals surface area (Å²) in [4.78, 5) is 27.7. The van der Waals surface area contributed by atoms with Crippen LogP contribution in [0.5, 0.6) is 0 Å². The molecule has 4 heterocycles. The maximum Gasteiger partial charge on any atom is 0.285 e. The number of amides is 1. The van der Waals surface area contributed by atoms with Gasteiger partial charge in [-0.2, -0.15) is 15.5 Å². The van der Waals surface area contributed by atoms with Crippen molar-refractivity contribution in [2.45, 2.75) is 32.9 Å². The summed E-state index contributed by atoms with van der Waals surface area (Å²) in [7, 11) is 0. The summed E-state index contributed by atoms with van der Waals surface area (Å²) in [6.07, 6.45) is 0.617. The fraction of sp³-hybridized carbons (Fsp3) is 0.250. The molecule has 0 N–H and O–H groups in total. The Labute approximate surface area is 175 Å². The van der Waals surface area contributed by atoms with Crippen molar-refractivity contribution < 1.29 is 4.79 Å². The zero-order valence-corrected chi connectivity index (χ0v) is 17.5. The van der Waals surface area contributed by atoms with Gasteiger partial charge in [-0.05, 0) is 42.3 Å². The van der Waals surface area contributed by atoms with Gasteiger partial charge in [0.2, 0.25) is 0 Å². The quantitative estimate of drug-likeness (QED) is 0.644. The van der Waals surface area contributed by atoms with Gasteiger partial charge in [0.15, 0.2) is 0 Å². The van der Waals surface area contributed by atoms with E-state index in [9.17, 15) is 14.9 Å². The number of hydrogen-bond acceptors (Lipinski definition) is 7. The zero-order chi connectivity index (χ0) is 20.5. The predicted molar refractivity (Wildman–Crippen MR) is 112 cm³/mol. The number of nitrogens with zero attached hydrogens (tertiary/aromatic N) is 5. The molecule has 1 aliphatic rings. The number of hydrazone groups is 1. The van der Waals surface area contributed by atoms with Crippen molar-refractivity contribution in [3.63, 3.8) is 0 Å². The van der Waals surface area contributed by atoms with E-state index in [2.05, 4.69) is 10.2 Å². The van der Waals surface area contributed by atoms with Crippen LogP contribution >= 0.6 is 22.7 Å². The number of aryl methyl sites for hydroxylation is 1. The second kappa shape index (κ2) is 7.73. The number of thiophene rings is 2. The van der Waals surface area contributed by atoms with Crippen molar-refractivity contribution in [3.05, 3.63) is 72.0 Å². The van der Waals surface area contributed by atoms with E-state index in [1.54, 1.807) is 36.5 Å². The van der Waals surface area contributed by atoms with Crippen LogP contribution in [0.2, 0.25) is 0 Å². The van der Waals surface area contributed by atoms with E-state index in [-0.39, 0.29) is 24.1 Å². The Hall–Kier alpha value is -3.09. The van der Waals surface area contributed by atoms with Gasteiger partial charge >= 0.3 is 0 Å². The van der Waals surface area contributed by atoms with Gasteiger partial charge in [0.05, 0.1) is 22.3 Å². The number of nitriles is 1. The third-order valence-corrected chi connectivity index (χ3v) is 6.77. The number of aromatic nitrogens is 2. The minimum atomic E-state index is -0.557. The first-order chi connectivity index (χ1) is 14.0. The van der Waals surface area contributed by atoms with Gasteiger partial charge in [0.25, 0.3) is 11.5 Å². The molecule has 0 bridgehead atoms. The summed E-state index contributed by atoms with van der Waals surface area (Å²) >= 11 is 3.15. The lowest BCUT2D eigenvalue weighted by Gasteiger charge is -2.21. The fourth-order valence-corrected chi connectivity index (χ4v) is 4.78. The molecule has 1 aliphatic heterocycles. The molecule has 3 aromatic rings. The van der Waals surface area contributed by atoms with E-state index >= 15 is 0 Å². The van der Waals surface area contributed by atoms with Gasteiger partial charge in [-0.1, -0.05) is 12.1 Å². The molecule has 3 aromatic heterocycles. The molecule has 1 atom stereocenters. The molecule has 29 heavy (non-hydrogen) atoms. The van der Waals surface area contributed by atoms with Gasteiger partial charge in [-0.15, -0.1) is 22.7 Å². The zero-order valence-electron chi connectivity index (χ0n) is 15.8. The summed E-state index contributed by atoms with van der Waals surface area (Å²) in [5.41, 5.74) is 1.40. The van der Waals surface area contributed by atoms with Crippen LogP contribution in [0.1, 0.15) is 39.0 Å². The summed E-state index contributed by atoms with van der Waals surface area (Å²) in [5, 5.41) is 23.5. The minimum Gasteiger partial charge on any atom is -0.271 e. The molecule has 0 saturated carbocycles. The van der Waals surface area contributed by atoms with Gasteiger partial charge in [0.1, 0.15) is 18.2 Å². The maximum absolute atomic E-state index is 13.1. The molecule has 9 heteroatoms. The smallest absolute Gasteiger partial charge is 0.271 e. The summed E-state index contributed by atoms with van der Waals surface area (Å²) < 4.78 is 1.06. The van der Waals surface area contributed by atoms with Gasteiger partial charge in [-0.25, -0.2) is 9.69 Å². The summed E-state index contributed by atoms with van der Waals surface area (Å²) in [6, 6.07) is 9.58. The highest BCUT2D eigenvalue weighted by Crippen LogP contribution is 2.36. The first kappa shape index (κ1) is 19.2. The Balaban J connectivity index is 1.68. The molecule has 0 spiro atoms. The predicted octanol–water partition coefficient (Wildman–Crippen LogP) is 3.23. The number of hydrogen-bond donors (Lipinski definition) is 0. The lowest BCUT2D eigenvalue weighted by molar-refractivity contribution is -0.133. The molecular weight excluding hydrogens is 406 g/mol. The van der Waals surface area contributed by atoms with Crippen molar-refractivity contribution in [3.8, 4) is 6.07 Å². The van der Waals surface area contributed by atoms with Crippen LogP contribution in [0, 0.1) is 25.2 Å². The first-order valence-electron chi connectivity index (χ1n) is 8.95. The van der Waals surface area contributed by atoms with E-state index in [0.717, 1.165) is 20.1 Å². The molecule has 0 aromatic carbocycles. The molecule has 1 amide bonds. The molecule has 0 saturated heterocycles. The third kappa shape index (κ3) is 3.52. The third-order valence-electron chi connectivity index (χ3n) is 4.88. The van der Waals surface area contributed by atoms with E-state index in [0.29, 0.717) is 17.7 Å². The highest BCUT2D eigenvalue weighted by molar-refractivity contribution is 7.12. The van der Waals surface area contributed by atoms with Crippen LogP contribution in [0.15, 0.2) is 44.9 Å². The highest BCUT2D eigenvalue weighted by atomic mass is 32.1. The number of rotatable bonds is 4. The molecule has 0 radical (unpaired) electrons. The standard InChI is InChI=1S/C20H17N5O2S2/c1-12-13(2)22-24(20(27)14(12)10-21)11-19(26)25-16(18-6-4-8-29-18)9-15(23-25)17-5-3-7-28-17/h3-8,16H,9,11H2,1-2H3/t16-/m0/s1. The van der Waals surface area contributed by atoms with Crippen LogP contribution in [0.25, 0.3) is 0 Å². The van der Waals surface area contributed by atoms with Crippen LogP contribution in [0.4, 0.5) is 0 Å². The molecule has 0 fully saturated rings. The Bertz CT molecular complexity index is 1190. The van der Waals surface area contributed by atoms with Crippen LogP contribution in [-0.2, 0) is 11.3 Å². The second-order valence-corrected chi connectivity index (χ2v) is 8.58. The van der Waals surface area contributed by atoms with Crippen molar-refractivity contribution in [1.29, 1.82) is 5.26 Å². The monoisotopic (exact) mass is 423 g/mol. The lowest BCUT2D eigenvalue weighted by atomic mass is 10.1. The van der Waals surface area contributed by atoms with Crippen molar-refractivity contribution in [2.75, 3.05) is 0 Å². The Kier molecular flexibility index (Phi) is 5.13. The first-order valence-corrected chi connectivity index (χ1v) is 10.7. The van der Waals surface area contributed by atoms with Crippen molar-refractivity contribution in [2.24, 2.45) is 5.10 Å². The molecular formula is C20H17N5O2S2. The van der Waals surface area contributed by atoms with Crippen molar-refractivity contribution in [1.82, 2.24) is 14.8 Å². The fourth-order valence-electron chi connectivity index (χ4n) is 3.25. The largest absolute Gasteiger partial charge is 0.285 e. The molecule has 0 unspecified atom stereocenters. The highest BCUT2D eigenvalue weighted by Gasteiger charge is 2.34.